The molecule has 1 amide bonds. The summed E-state index contributed by atoms with van der Waals surface area (Å²) in [6.07, 6.45) is -0.569. The van der Waals surface area contributed by atoms with E-state index in [2.05, 4.69) is 4.74 Å². The maximum absolute atomic E-state index is 11.7. The molecule has 16 heavy (non-hydrogen) atoms. The molecule has 1 atom stereocenters. The normalized spacial score (nSPS) is 20.8. The van der Waals surface area contributed by atoms with Gasteiger partial charge in [0.05, 0.1) is 13.7 Å². The van der Waals surface area contributed by atoms with Crippen LogP contribution < -0.4 is 0 Å². The van der Waals surface area contributed by atoms with Gasteiger partial charge in [0.15, 0.2) is 6.04 Å². The Bertz CT molecular complexity index is 283. The first-order valence-electron chi connectivity index (χ1n) is 5.00. The fraction of sp³-hybridized carbons (Fsp3) is 0.800. The number of methoxy groups -OCH3 is 1. The van der Waals surface area contributed by atoms with E-state index in [1.165, 1.54) is 12.0 Å². The lowest BCUT2D eigenvalue weighted by molar-refractivity contribution is -0.145. The van der Waals surface area contributed by atoms with Crippen LogP contribution in [0.1, 0.15) is 20.8 Å². The molecule has 0 radical (unpaired) electrons. The highest BCUT2D eigenvalue weighted by Crippen LogP contribution is 2.16. The Balaban J connectivity index is 2.65. The molecule has 1 saturated heterocycles. The van der Waals surface area contributed by atoms with Crippen molar-refractivity contribution < 1.29 is 23.8 Å². The smallest absolute Gasteiger partial charge is 0.412 e. The minimum Gasteiger partial charge on any atom is -0.467 e. The first-order chi connectivity index (χ1) is 7.35. The van der Waals surface area contributed by atoms with Crippen LogP contribution in [0.3, 0.4) is 0 Å². The Morgan fingerprint density at radius 2 is 2.00 bits per heavy atom. The third kappa shape index (κ3) is 3.10. The monoisotopic (exact) mass is 231 g/mol. The van der Waals surface area contributed by atoms with Crippen LogP contribution in [0.15, 0.2) is 0 Å². The summed E-state index contributed by atoms with van der Waals surface area (Å²) in [5, 5.41) is 0. The molecule has 0 aromatic carbocycles. The van der Waals surface area contributed by atoms with Gasteiger partial charge < -0.3 is 14.2 Å². The van der Waals surface area contributed by atoms with Crippen molar-refractivity contribution >= 4 is 12.1 Å². The predicted molar refractivity (Wildman–Crippen MR) is 54.7 cm³/mol. The zero-order valence-corrected chi connectivity index (χ0v) is 9.98. The predicted octanol–water partition coefficient (Wildman–Crippen LogP) is 0.753. The van der Waals surface area contributed by atoms with E-state index < -0.39 is 23.7 Å². The lowest BCUT2D eigenvalue weighted by atomic mass is 10.2. The Kier molecular flexibility index (Phi) is 3.74. The van der Waals surface area contributed by atoms with Gasteiger partial charge in [0.1, 0.15) is 12.3 Å². The van der Waals surface area contributed by atoms with Gasteiger partial charge >= 0.3 is 12.1 Å². The van der Waals surface area contributed by atoms with Crippen molar-refractivity contribution in [1.29, 1.82) is 0 Å². The maximum atomic E-state index is 11.7. The van der Waals surface area contributed by atoms with Gasteiger partial charge in [-0.3, -0.25) is 4.90 Å². The number of esters is 1. The van der Waals surface area contributed by atoms with Crippen LogP contribution in [0.25, 0.3) is 0 Å². The lowest BCUT2D eigenvalue weighted by Gasteiger charge is -2.25. The average molecular weight is 231 g/mol. The van der Waals surface area contributed by atoms with Crippen LogP contribution in [0.5, 0.6) is 0 Å². The SMILES string of the molecule is COC(=O)C1COCN1C(=O)OC(C)(C)C. The highest BCUT2D eigenvalue weighted by Gasteiger charge is 2.38. The van der Waals surface area contributed by atoms with Gasteiger partial charge in [-0.1, -0.05) is 0 Å². The van der Waals surface area contributed by atoms with Gasteiger partial charge in [-0.05, 0) is 20.8 Å². The van der Waals surface area contributed by atoms with Crippen LogP contribution in [-0.4, -0.2) is 49.1 Å². The molecule has 1 rings (SSSR count). The Morgan fingerprint density at radius 1 is 1.38 bits per heavy atom. The van der Waals surface area contributed by atoms with Gasteiger partial charge in [-0.25, -0.2) is 9.59 Å². The van der Waals surface area contributed by atoms with Gasteiger partial charge in [0, 0.05) is 0 Å². The largest absolute Gasteiger partial charge is 0.467 e. The number of ether oxygens (including phenoxy) is 3. The number of hydrogen-bond acceptors (Lipinski definition) is 5. The number of nitrogens with zero attached hydrogens (tertiary/aromatic N) is 1. The third-order valence-corrected chi connectivity index (χ3v) is 1.98. The summed E-state index contributed by atoms with van der Waals surface area (Å²) in [5.74, 6) is -0.497. The van der Waals surface area contributed by atoms with Crippen molar-refractivity contribution in [3.05, 3.63) is 0 Å². The molecule has 0 bridgehead atoms. The van der Waals surface area contributed by atoms with Crippen molar-refractivity contribution in [3.8, 4) is 0 Å². The van der Waals surface area contributed by atoms with E-state index in [1.54, 1.807) is 20.8 Å². The zero-order valence-electron chi connectivity index (χ0n) is 9.98. The summed E-state index contributed by atoms with van der Waals surface area (Å²) in [6.45, 7) is 5.47. The van der Waals surface area contributed by atoms with Crippen molar-refractivity contribution in [1.82, 2.24) is 4.90 Å². The molecule has 92 valence electrons. The second-order valence-electron chi connectivity index (χ2n) is 4.49. The molecular weight excluding hydrogens is 214 g/mol. The first-order valence-corrected chi connectivity index (χ1v) is 5.00. The molecule has 0 aromatic rings. The summed E-state index contributed by atoms with van der Waals surface area (Å²) in [6, 6.07) is -0.708. The van der Waals surface area contributed by atoms with Crippen LogP contribution in [-0.2, 0) is 19.0 Å². The van der Waals surface area contributed by atoms with Crippen molar-refractivity contribution in [2.75, 3.05) is 20.4 Å². The lowest BCUT2D eigenvalue weighted by Crippen LogP contribution is -2.44. The minimum atomic E-state index is -0.708. The maximum Gasteiger partial charge on any atom is 0.412 e. The first kappa shape index (κ1) is 12.8. The number of carbonyl (C=O) groups excluding carboxylic acids is 2. The van der Waals surface area contributed by atoms with E-state index in [9.17, 15) is 9.59 Å². The molecule has 0 aliphatic carbocycles. The molecule has 0 N–H and O–H groups in total. The molecule has 1 aliphatic heterocycles. The molecular formula is C10H17NO5. The van der Waals surface area contributed by atoms with E-state index in [-0.39, 0.29) is 13.3 Å². The number of hydrogen-bond donors (Lipinski definition) is 0. The quantitative estimate of drug-likeness (QED) is 0.623. The molecule has 6 heteroatoms. The standard InChI is InChI=1S/C10H17NO5/c1-10(2,3)16-9(13)11-6-15-5-7(11)8(12)14-4/h7H,5-6H2,1-4H3. The molecule has 1 unspecified atom stereocenters. The second kappa shape index (κ2) is 4.69. The number of rotatable bonds is 1. The summed E-state index contributed by atoms with van der Waals surface area (Å²) < 4.78 is 14.8. The summed E-state index contributed by atoms with van der Waals surface area (Å²) >= 11 is 0. The van der Waals surface area contributed by atoms with Gasteiger partial charge in [-0.2, -0.15) is 0 Å². The van der Waals surface area contributed by atoms with Crippen molar-refractivity contribution in [3.63, 3.8) is 0 Å². The molecule has 1 fully saturated rings. The molecule has 0 aromatic heterocycles. The van der Waals surface area contributed by atoms with E-state index in [4.69, 9.17) is 9.47 Å². The van der Waals surface area contributed by atoms with Crippen LogP contribution in [0, 0.1) is 0 Å². The Hall–Kier alpha value is -1.30. The Labute approximate surface area is 94.4 Å². The summed E-state index contributed by atoms with van der Waals surface area (Å²) in [7, 11) is 1.27. The summed E-state index contributed by atoms with van der Waals surface area (Å²) in [5.41, 5.74) is -0.597. The van der Waals surface area contributed by atoms with E-state index >= 15 is 0 Å². The second-order valence-corrected chi connectivity index (χ2v) is 4.49. The van der Waals surface area contributed by atoms with Gasteiger partial charge in [-0.15, -0.1) is 0 Å². The molecule has 0 saturated carbocycles. The number of carbonyl (C=O) groups is 2. The van der Waals surface area contributed by atoms with E-state index in [1.807, 2.05) is 0 Å². The van der Waals surface area contributed by atoms with Gasteiger partial charge in [0.2, 0.25) is 0 Å². The average Bonchev–Trinajstić information content (AvgIpc) is 2.62. The van der Waals surface area contributed by atoms with E-state index in [0.717, 1.165) is 0 Å². The van der Waals surface area contributed by atoms with Gasteiger partial charge in [0.25, 0.3) is 0 Å². The fourth-order valence-corrected chi connectivity index (χ4v) is 1.27. The van der Waals surface area contributed by atoms with Crippen LogP contribution in [0.2, 0.25) is 0 Å². The zero-order chi connectivity index (χ0) is 12.3. The topological polar surface area (TPSA) is 65.1 Å². The van der Waals surface area contributed by atoms with E-state index in [0.29, 0.717) is 0 Å². The highest BCUT2D eigenvalue weighted by molar-refractivity contribution is 5.82. The number of amides is 1. The van der Waals surface area contributed by atoms with Crippen LogP contribution in [0.4, 0.5) is 4.79 Å². The van der Waals surface area contributed by atoms with Crippen LogP contribution >= 0.6 is 0 Å². The minimum absolute atomic E-state index is 0.0503. The van der Waals surface area contributed by atoms with Crippen molar-refractivity contribution in [2.45, 2.75) is 32.4 Å². The van der Waals surface area contributed by atoms with Crippen molar-refractivity contribution in [2.24, 2.45) is 0 Å². The molecule has 1 heterocycles. The summed E-state index contributed by atoms with van der Waals surface area (Å²) in [4.78, 5) is 24.3. The molecule has 0 spiro atoms. The molecule has 1 aliphatic rings. The Morgan fingerprint density at radius 3 is 2.50 bits per heavy atom. The third-order valence-electron chi connectivity index (χ3n) is 1.98. The fourth-order valence-electron chi connectivity index (χ4n) is 1.27. The highest BCUT2D eigenvalue weighted by atomic mass is 16.6. The molecule has 6 nitrogen and oxygen atoms in total.